The van der Waals surface area contributed by atoms with Gasteiger partial charge >= 0.3 is 0 Å². The van der Waals surface area contributed by atoms with Gasteiger partial charge in [-0.2, -0.15) is 0 Å². The van der Waals surface area contributed by atoms with Crippen LogP contribution in [-0.4, -0.2) is 25.2 Å². The lowest BCUT2D eigenvalue weighted by molar-refractivity contribution is -0.0472. The predicted octanol–water partition coefficient (Wildman–Crippen LogP) is 1.17. The number of hydrogen-bond donors (Lipinski definition) is 1. The quantitative estimate of drug-likeness (QED) is 0.741. The Bertz CT molecular complexity index is 267. The van der Waals surface area contributed by atoms with Gasteiger partial charge in [0.15, 0.2) is 0 Å². The number of anilines is 1. The Labute approximate surface area is 76.9 Å². The summed E-state index contributed by atoms with van der Waals surface area (Å²) >= 11 is 0. The lowest BCUT2D eigenvalue weighted by atomic mass is 10.3. The molecule has 2 heterocycles. The minimum atomic E-state index is -0.272. The normalized spacial score (nSPS) is 17.6. The van der Waals surface area contributed by atoms with Gasteiger partial charge in [0.05, 0.1) is 30.8 Å². The lowest BCUT2D eigenvalue weighted by Gasteiger charge is -2.08. The van der Waals surface area contributed by atoms with Gasteiger partial charge in [-0.05, 0) is 12.1 Å². The number of hydrogen-bond acceptors (Lipinski definition) is 4. The number of ether oxygens (including phenoxy) is 2. The summed E-state index contributed by atoms with van der Waals surface area (Å²) < 4.78 is 10.6. The van der Waals surface area contributed by atoms with Gasteiger partial charge in [0, 0.05) is 7.05 Å². The van der Waals surface area contributed by atoms with Gasteiger partial charge in [-0.1, -0.05) is 0 Å². The van der Waals surface area contributed by atoms with E-state index in [9.17, 15) is 0 Å². The van der Waals surface area contributed by atoms with E-state index in [1.54, 1.807) is 6.20 Å². The predicted molar refractivity (Wildman–Crippen MR) is 48.4 cm³/mol. The largest absolute Gasteiger partial charge is 0.387 e. The molecule has 1 aliphatic heterocycles. The van der Waals surface area contributed by atoms with Crippen LogP contribution in [0.4, 0.5) is 5.69 Å². The van der Waals surface area contributed by atoms with Gasteiger partial charge in [-0.15, -0.1) is 0 Å². The number of nitrogens with zero attached hydrogens (tertiary/aromatic N) is 1. The summed E-state index contributed by atoms with van der Waals surface area (Å²) in [5, 5.41) is 3.00. The molecule has 13 heavy (non-hydrogen) atoms. The molecular weight excluding hydrogens is 168 g/mol. The number of pyridine rings is 1. The molecule has 1 N–H and O–H groups in total. The smallest absolute Gasteiger partial charge is 0.201 e. The molecule has 4 nitrogen and oxygen atoms in total. The van der Waals surface area contributed by atoms with Crippen LogP contribution in [0.5, 0.6) is 0 Å². The Morgan fingerprint density at radius 3 is 2.69 bits per heavy atom. The fourth-order valence-corrected chi connectivity index (χ4v) is 1.22. The maximum atomic E-state index is 5.31. The van der Waals surface area contributed by atoms with Crippen LogP contribution in [0.15, 0.2) is 18.3 Å². The Morgan fingerprint density at radius 2 is 2.15 bits per heavy atom. The Morgan fingerprint density at radius 1 is 1.38 bits per heavy atom. The summed E-state index contributed by atoms with van der Waals surface area (Å²) in [6.45, 7) is 1.31. The third-order valence-corrected chi connectivity index (χ3v) is 1.94. The molecule has 0 aromatic carbocycles. The second kappa shape index (κ2) is 3.72. The zero-order valence-electron chi connectivity index (χ0n) is 7.49. The molecule has 2 rings (SSSR count). The molecule has 0 spiro atoms. The molecule has 4 heteroatoms. The van der Waals surface area contributed by atoms with Gasteiger partial charge in [-0.3, -0.25) is 4.98 Å². The zero-order chi connectivity index (χ0) is 9.10. The molecule has 70 valence electrons. The third-order valence-electron chi connectivity index (χ3n) is 1.94. The standard InChI is InChI=1S/C9H12N2O2/c1-10-7-2-3-8(11-6-7)9-12-4-5-13-9/h2-3,6,9-10H,4-5H2,1H3. The first-order valence-electron chi connectivity index (χ1n) is 4.27. The van der Waals surface area contributed by atoms with Crippen molar-refractivity contribution in [3.05, 3.63) is 24.0 Å². The summed E-state index contributed by atoms with van der Waals surface area (Å²) in [4.78, 5) is 4.22. The van der Waals surface area contributed by atoms with Gasteiger partial charge < -0.3 is 14.8 Å². The monoisotopic (exact) mass is 180 g/mol. The number of nitrogens with one attached hydrogen (secondary N) is 1. The van der Waals surface area contributed by atoms with E-state index in [2.05, 4.69) is 10.3 Å². The highest BCUT2D eigenvalue weighted by atomic mass is 16.7. The highest BCUT2D eigenvalue weighted by Gasteiger charge is 2.18. The van der Waals surface area contributed by atoms with Crippen molar-refractivity contribution in [1.82, 2.24) is 4.98 Å². The number of aromatic nitrogens is 1. The van der Waals surface area contributed by atoms with Crippen molar-refractivity contribution in [3.8, 4) is 0 Å². The van der Waals surface area contributed by atoms with Crippen LogP contribution in [0.1, 0.15) is 12.0 Å². The molecule has 1 aromatic rings. The minimum Gasteiger partial charge on any atom is -0.387 e. The van der Waals surface area contributed by atoms with Crippen molar-refractivity contribution in [2.45, 2.75) is 6.29 Å². The van der Waals surface area contributed by atoms with Crippen LogP contribution < -0.4 is 5.32 Å². The average molecular weight is 180 g/mol. The summed E-state index contributed by atoms with van der Waals surface area (Å²) in [7, 11) is 1.86. The third kappa shape index (κ3) is 1.79. The van der Waals surface area contributed by atoms with E-state index in [0.29, 0.717) is 13.2 Å². The highest BCUT2D eigenvalue weighted by molar-refractivity contribution is 5.40. The Hall–Kier alpha value is -1.13. The number of rotatable bonds is 2. The van der Waals surface area contributed by atoms with Crippen molar-refractivity contribution in [2.75, 3.05) is 25.6 Å². The van der Waals surface area contributed by atoms with E-state index in [0.717, 1.165) is 11.4 Å². The molecule has 1 aliphatic rings. The topological polar surface area (TPSA) is 43.4 Å². The van der Waals surface area contributed by atoms with E-state index in [-0.39, 0.29) is 6.29 Å². The molecule has 0 amide bonds. The van der Waals surface area contributed by atoms with Crippen molar-refractivity contribution in [2.24, 2.45) is 0 Å². The minimum absolute atomic E-state index is 0.272. The van der Waals surface area contributed by atoms with E-state index >= 15 is 0 Å². The zero-order valence-corrected chi connectivity index (χ0v) is 7.49. The fraction of sp³-hybridized carbons (Fsp3) is 0.444. The van der Waals surface area contributed by atoms with Crippen LogP contribution in [0.3, 0.4) is 0 Å². The first-order valence-corrected chi connectivity index (χ1v) is 4.27. The average Bonchev–Trinajstić information content (AvgIpc) is 2.71. The maximum absolute atomic E-state index is 5.31. The second-order valence-electron chi connectivity index (χ2n) is 2.80. The van der Waals surface area contributed by atoms with E-state index in [4.69, 9.17) is 9.47 Å². The Kier molecular flexibility index (Phi) is 2.42. The lowest BCUT2D eigenvalue weighted by Crippen LogP contribution is -2.01. The molecule has 0 saturated carbocycles. The van der Waals surface area contributed by atoms with E-state index in [1.165, 1.54) is 0 Å². The maximum Gasteiger partial charge on any atom is 0.201 e. The molecule has 0 radical (unpaired) electrons. The van der Waals surface area contributed by atoms with Crippen LogP contribution in [0, 0.1) is 0 Å². The van der Waals surface area contributed by atoms with Crippen molar-refractivity contribution in [3.63, 3.8) is 0 Å². The molecule has 0 aliphatic carbocycles. The van der Waals surface area contributed by atoms with E-state index < -0.39 is 0 Å². The van der Waals surface area contributed by atoms with Crippen LogP contribution in [0.25, 0.3) is 0 Å². The van der Waals surface area contributed by atoms with Crippen LogP contribution >= 0.6 is 0 Å². The molecule has 1 fully saturated rings. The molecule has 0 unspecified atom stereocenters. The van der Waals surface area contributed by atoms with Crippen molar-refractivity contribution in [1.29, 1.82) is 0 Å². The van der Waals surface area contributed by atoms with Gasteiger partial charge in [0.1, 0.15) is 0 Å². The first-order chi connectivity index (χ1) is 6.40. The second-order valence-corrected chi connectivity index (χ2v) is 2.80. The van der Waals surface area contributed by atoms with Crippen LogP contribution in [0.2, 0.25) is 0 Å². The SMILES string of the molecule is CNc1ccc(C2OCCO2)nc1. The summed E-state index contributed by atoms with van der Waals surface area (Å²) in [5.41, 5.74) is 1.82. The van der Waals surface area contributed by atoms with E-state index in [1.807, 2.05) is 19.2 Å². The molecule has 0 atom stereocenters. The molecule has 1 aromatic heterocycles. The Balaban J connectivity index is 2.12. The summed E-state index contributed by atoms with van der Waals surface area (Å²) in [6.07, 6.45) is 1.49. The fourth-order valence-electron chi connectivity index (χ4n) is 1.22. The van der Waals surface area contributed by atoms with Crippen molar-refractivity contribution >= 4 is 5.69 Å². The molecular formula is C9H12N2O2. The van der Waals surface area contributed by atoms with Crippen molar-refractivity contribution < 1.29 is 9.47 Å². The molecule has 0 bridgehead atoms. The summed E-state index contributed by atoms with van der Waals surface area (Å²) in [6, 6.07) is 3.86. The first kappa shape index (κ1) is 8.47. The summed E-state index contributed by atoms with van der Waals surface area (Å²) in [5.74, 6) is 0. The molecule has 1 saturated heterocycles. The van der Waals surface area contributed by atoms with Crippen LogP contribution in [-0.2, 0) is 9.47 Å². The van der Waals surface area contributed by atoms with Gasteiger partial charge in [-0.25, -0.2) is 0 Å². The van der Waals surface area contributed by atoms with Gasteiger partial charge in [0.2, 0.25) is 6.29 Å². The highest BCUT2D eigenvalue weighted by Crippen LogP contribution is 2.21. The van der Waals surface area contributed by atoms with Gasteiger partial charge in [0.25, 0.3) is 0 Å².